The van der Waals surface area contributed by atoms with E-state index < -0.39 is 11.8 Å². The van der Waals surface area contributed by atoms with Crippen molar-refractivity contribution in [1.29, 1.82) is 0 Å². The van der Waals surface area contributed by atoms with Crippen LogP contribution in [0.15, 0.2) is 71.0 Å². The fourth-order valence-electron chi connectivity index (χ4n) is 2.80. The van der Waals surface area contributed by atoms with Gasteiger partial charge < -0.3 is 24.5 Å². The number of carbonyl (C=O) groups is 2. The Balaban J connectivity index is 1.86. The van der Waals surface area contributed by atoms with Crippen LogP contribution in [-0.4, -0.2) is 26.0 Å². The number of rotatable bonds is 7. The zero-order chi connectivity index (χ0) is 21.5. The number of hydrogen-bond acceptors (Lipinski definition) is 5. The van der Waals surface area contributed by atoms with Gasteiger partial charge in [-0.05, 0) is 42.8 Å². The summed E-state index contributed by atoms with van der Waals surface area (Å²) < 4.78 is 15.8. The first-order valence-electron chi connectivity index (χ1n) is 9.17. The van der Waals surface area contributed by atoms with Crippen LogP contribution in [0.5, 0.6) is 11.5 Å². The number of carbonyl (C=O) groups excluding carboxylic acids is 2. The van der Waals surface area contributed by atoms with E-state index in [9.17, 15) is 9.59 Å². The lowest BCUT2D eigenvalue weighted by Gasteiger charge is -2.13. The molecular formula is C23H22N2O5. The van der Waals surface area contributed by atoms with Gasteiger partial charge in [-0.1, -0.05) is 18.2 Å². The molecule has 7 nitrogen and oxygen atoms in total. The van der Waals surface area contributed by atoms with Crippen molar-refractivity contribution < 1.29 is 23.5 Å². The highest BCUT2D eigenvalue weighted by Gasteiger charge is 2.17. The SMILES string of the molecule is COc1ccc(NC(=O)/C(=C/c2ccco2)NC(=O)c2ccccc2C)cc1OC. The summed E-state index contributed by atoms with van der Waals surface area (Å²) in [6, 6.07) is 15.5. The number of hydrogen-bond donors (Lipinski definition) is 2. The normalized spacial score (nSPS) is 11.0. The number of benzene rings is 2. The molecule has 0 aliphatic heterocycles. The topological polar surface area (TPSA) is 89.8 Å². The quantitative estimate of drug-likeness (QED) is 0.579. The molecule has 0 saturated carbocycles. The molecular weight excluding hydrogens is 384 g/mol. The van der Waals surface area contributed by atoms with Gasteiger partial charge in [-0.25, -0.2) is 0 Å². The van der Waals surface area contributed by atoms with Crippen LogP contribution in [0.3, 0.4) is 0 Å². The number of ether oxygens (including phenoxy) is 2. The number of aryl methyl sites for hydroxylation is 1. The molecule has 0 spiro atoms. The van der Waals surface area contributed by atoms with Crippen molar-refractivity contribution in [3.05, 3.63) is 83.4 Å². The van der Waals surface area contributed by atoms with Gasteiger partial charge in [0.2, 0.25) is 0 Å². The second-order valence-electron chi connectivity index (χ2n) is 6.37. The van der Waals surface area contributed by atoms with Crippen LogP contribution in [0.25, 0.3) is 6.08 Å². The zero-order valence-electron chi connectivity index (χ0n) is 16.9. The number of furan rings is 1. The predicted octanol–water partition coefficient (Wildman–Crippen LogP) is 4.01. The Labute approximate surface area is 174 Å². The van der Waals surface area contributed by atoms with Crippen LogP contribution in [0.2, 0.25) is 0 Å². The zero-order valence-corrected chi connectivity index (χ0v) is 16.9. The second-order valence-corrected chi connectivity index (χ2v) is 6.37. The molecule has 2 amide bonds. The van der Waals surface area contributed by atoms with E-state index in [2.05, 4.69) is 10.6 Å². The van der Waals surface area contributed by atoms with Gasteiger partial charge in [-0.15, -0.1) is 0 Å². The molecule has 0 bridgehead atoms. The number of nitrogens with one attached hydrogen (secondary N) is 2. The molecule has 0 atom stereocenters. The molecule has 7 heteroatoms. The minimum Gasteiger partial charge on any atom is -0.493 e. The highest BCUT2D eigenvalue weighted by molar-refractivity contribution is 6.10. The third kappa shape index (κ3) is 4.88. The molecule has 0 aliphatic rings. The minimum atomic E-state index is -0.513. The lowest BCUT2D eigenvalue weighted by atomic mass is 10.1. The number of methoxy groups -OCH3 is 2. The first kappa shape index (κ1) is 20.7. The monoisotopic (exact) mass is 406 g/mol. The smallest absolute Gasteiger partial charge is 0.272 e. The average molecular weight is 406 g/mol. The number of amides is 2. The van der Waals surface area contributed by atoms with E-state index in [0.717, 1.165) is 5.56 Å². The van der Waals surface area contributed by atoms with Gasteiger partial charge in [0.1, 0.15) is 11.5 Å². The maximum atomic E-state index is 12.9. The standard InChI is InChI=1S/C23H22N2O5/c1-15-7-4-5-9-18(15)22(26)25-19(14-17-8-6-12-30-17)23(27)24-16-10-11-20(28-2)21(13-16)29-3/h4-14H,1-3H3,(H,24,27)(H,25,26)/b19-14-. The highest BCUT2D eigenvalue weighted by atomic mass is 16.5. The fourth-order valence-corrected chi connectivity index (χ4v) is 2.80. The molecule has 30 heavy (non-hydrogen) atoms. The van der Waals surface area contributed by atoms with Gasteiger partial charge in [-0.2, -0.15) is 0 Å². The second kappa shape index (κ2) is 9.47. The summed E-state index contributed by atoms with van der Waals surface area (Å²) >= 11 is 0. The van der Waals surface area contributed by atoms with Gasteiger partial charge in [0.25, 0.3) is 11.8 Å². The van der Waals surface area contributed by atoms with Gasteiger partial charge >= 0.3 is 0 Å². The third-order valence-electron chi connectivity index (χ3n) is 4.35. The van der Waals surface area contributed by atoms with Crippen LogP contribution in [-0.2, 0) is 4.79 Å². The summed E-state index contributed by atoms with van der Waals surface area (Å²) in [7, 11) is 3.04. The van der Waals surface area contributed by atoms with Crippen LogP contribution in [0.4, 0.5) is 5.69 Å². The minimum absolute atomic E-state index is 0.0352. The lowest BCUT2D eigenvalue weighted by Crippen LogP contribution is -2.31. The average Bonchev–Trinajstić information content (AvgIpc) is 3.26. The van der Waals surface area contributed by atoms with E-state index in [1.165, 1.54) is 26.6 Å². The van der Waals surface area contributed by atoms with Crippen molar-refractivity contribution in [2.24, 2.45) is 0 Å². The molecule has 1 aromatic heterocycles. The van der Waals surface area contributed by atoms with Crippen molar-refractivity contribution in [2.75, 3.05) is 19.5 Å². The summed E-state index contributed by atoms with van der Waals surface area (Å²) in [5, 5.41) is 5.43. The first-order chi connectivity index (χ1) is 14.5. The first-order valence-corrected chi connectivity index (χ1v) is 9.17. The molecule has 3 aromatic rings. The molecule has 154 valence electrons. The summed E-state index contributed by atoms with van der Waals surface area (Å²) in [5.74, 6) is 0.525. The number of anilines is 1. The van der Waals surface area contributed by atoms with Crippen LogP contribution < -0.4 is 20.1 Å². The van der Waals surface area contributed by atoms with Crippen LogP contribution in [0, 0.1) is 6.92 Å². The Morgan fingerprint density at radius 3 is 2.40 bits per heavy atom. The Morgan fingerprint density at radius 2 is 1.73 bits per heavy atom. The van der Waals surface area contributed by atoms with E-state index >= 15 is 0 Å². The van der Waals surface area contributed by atoms with Crippen molar-refractivity contribution in [3.8, 4) is 11.5 Å². The third-order valence-corrected chi connectivity index (χ3v) is 4.35. The van der Waals surface area contributed by atoms with Crippen molar-refractivity contribution in [1.82, 2.24) is 5.32 Å². The summed E-state index contributed by atoms with van der Waals surface area (Å²) in [6.45, 7) is 1.83. The van der Waals surface area contributed by atoms with Crippen LogP contribution >= 0.6 is 0 Å². The van der Waals surface area contributed by atoms with E-state index in [1.807, 2.05) is 19.1 Å². The Kier molecular flexibility index (Phi) is 6.54. The maximum absolute atomic E-state index is 12.9. The molecule has 1 heterocycles. The van der Waals surface area contributed by atoms with Crippen molar-refractivity contribution in [2.45, 2.75) is 6.92 Å². The molecule has 0 radical (unpaired) electrons. The molecule has 3 rings (SSSR count). The lowest BCUT2D eigenvalue weighted by molar-refractivity contribution is -0.113. The Hall–Kier alpha value is -4.00. The van der Waals surface area contributed by atoms with Gasteiger partial charge in [0, 0.05) is 23.4 Å². The van der Waals surface area contributed by atoms with Crippen LogP contribution in [0.1, 0.15) is 21.7 Å². The van der Waals surface area contributed by atoms with Gasteiger partial charge in [0.05, 0.1) is 20.5 Å². The van der Waals surface area contributed by atoms with E-state index in [0.29, 0.717) is 28.5 Å². The van der Waals surface area contributed by atoms with Crippen molar-refractivity contribution in [3.63, 3.8) is 0 Å². The summed E-state index contributed by atoms with van der Waals surface area (Å²) in [4.78, 5) is 25.7. The van der Waals surface area contributed by atoms with E-state index in [-0.39, 0.29) is 5.70 Å². The Morgan fingerprint density at radius 1 is 0.967 bits per heavy atom. The predicted molar refractivity (Wildman–Crippen MR) is 114 cm³/mol. The molecule has 0 aliphatic carbocycles. The largest absolute Gasteiger partial charge is 0.493 e. The molecule has 2 N–H and O–H groups in total. The highest BCUT2D eigenvalue weighted by Crippen LogP contribution is 2.29. The maximum Gasteiger partial charge on any atom is 0.272 e. The molecule has 0 unspecified atom stereocenters. The fraction of sp³-hybridized carbons (Fsp3) is 0.130. The van der Waals surface area contributed by atoms with Gasteiger partial charge in [0.15, 0.2) is 11.5 Å². The summed E-state index contributed by atoms with van der Waals surface area (Å²) in [6.07, 6.45) is 2.95. The summed E-state index contributed by atoms with van der Waals surface area (Å²) in [5.41, 5.74) is 1.79. The molecule has 2 aromatic carbocycles. The Bertz CT molecular complexity index is 1070. The van der Waals surface area contributed by atoms with Crippen molar-refractivity contribution >= 4 is 23.6 Å². The van der Waals surface area contributed by atoms with E-state index in [1.54, 1.807) is 42.5 Å². The van der Waals surface area contributed by atoms with E-state index in [4.69, 9.17) is 13.9 Å². The molecule has 0 fully saturated rings. The molecule has 0 saturated heterocycles. The van der Waals surface area contributed by atoms with Gasteiger partial charge in [-0.3, -0.25) is 9.59 Å².